The van der Waals surface area contributed by atoms with E-state index in [0.29, 0.717) is 30.6 Å². The van der Waals surface area contributed by atoms with Crippen LogP contribution in [0.5, 0.6) is 0 Å². The molecule has 0 aliphatic carbocycles. The molecule has 0 spiro atoms. The molecular formula is C15H33NO2. The van der Waals surface area contributed by atoms with E-state index < -0.39 is 0 Å². The van der Waals surface area contributed by atoms with Gasteiger partial charge in [-0.05, 0) is 30.7 Å². The highest BCUT2D eigenvalue weighted by Gasteiger charge is 2.23. The highest BCUT2D eigenvalue weighted by atomic mass is 16.5. The van der Waals surface area contributed by atoms with E-state index in [2.05, 4.69) is 39.9 Å². The molecule has 0 aliphatic rings. The van der Waals surface area contributed by atoms with Gasteiger partial charge in [-0.25, -0.2) is 0 Å². The molecule has 0 rings (SSSR count). The first kappa shape index (κ1) is 17.9. The van der Waals surface area contributed by atoms with Crippen molar-refractivity contribution in [2.75, 3.05) is 33.5 Å². The van der Waals surface area contributed by atoms with Gasteiger partial charge in [0.15, 0.2) is 0 Å². The summed E-state index contributed by atoms with van der Waals surface area (Å²) in [4.78, 5) is 0. The third-order valence-electron chi connectivity index (χ3n) is 3.27. The monoisotopic (exact) mass is 259 g/mol. The Balaban J connectivity index is 3.81. The molecule has 0 radical (unpaired) electrons. The Morgan fingerprint density at radius 1 is 1.06 bits per heavy atom. The predicted octanol–water partition coefficient (Wildman–Crippen LogP) is 3.09. The maximum absolute atomic E-state index is 5.52. The predicted molar refractivity (Wildman–Crippen MR) is 78.0 cm³/mol. The van der Waals surface area contributed by atoms with Gasteiger partial charge in [0.1, 0.15) is 0 Å². The van der Waals surface area contributed by atoms with Crippen LogP contribution in [0.4, 0.5) is 0 Å². The van der Waals surface area contributed by atoms with E-state index in [1.807, 2.05) is 0 Å². The zero-order valence-electron chi connectivity index (χ0n) is 13.2. The van der Waals surface area contributed by atoms with Gasteiger partial charge in [0.25, 0.3) is 0 Å². The molecule has 110 valence electrons. The fourth-order valence-corrected chi connectivity index (χ4v) is 1.90. The molecule has 0 aromatic carbocycles. The number of hydrogen-bond donors (Lipinski definition) is 1. The van der Waals surface area contributed by atoms with E-state index in [4.69, 9.17) is 9.47 Å². The third kappa shape index (κ3) is 9.86. The van der Waals surface area contributed by atoms with Crippen LogP contribution in [-0.4, -0.2) is 39.5 Å². The van der Waals surface area contributed by atoms with Crippen LogP contribution in [-0.2, 0) is 9.47 Å². The second-order valence-corrected chi connectivity index (χ2v) is 6.37. The van der Waals surface area contributed by atoms with Crippen LogP contribution in [0.15, 0.2) is 0 Å². The molecule has 0 aromatic rings. The Bertz CT molecular complexity index is 187. The van der Waals surface area contributed by atoms with Gasteiger partial charge in [0.2, 0.25) is 0 Å². The molecule has 0 saturated heterocycles. The SMILES string of the molecule is COCCOCCCC(CNC(C)C)C(C)(C)C. The van der Waals surface area contributed by atoms with Gasteiger partial charge in [-0.1, -0.05) is 34.6 Å². The van der Waals surface area contributed by atoms with Crippen molar-refractivity contribution in [3.05, 3.63) is 0 Å². The first-order chi connectivity index (χ1) is 8.38. The molecule has 1 unspecified atom stereocenters. The summed E-state index contributed by atoms with van der Waals surface area (Å²) in [7, 11) is 1.70. The van der Waals surface area contributed by atoms with Crippen molar-refractivity contribution in [2.45, 2.75) is 53.5 Å². The zero-order valence-corrected chi connectivity index (χ0v) is 13.2. The lowest BCUT2D eigenvalue weighted by molar-refractivity contribution is 0.0641. The topological polar surface area (TPSA) is 30.5 Å². The quantitative estimate of drug-likeness (QED) is 0.612. The Morgan fingerprint density at radius 3 is 2.22 bits per heavy atom. The summed E-state index contributed by atoms with van der Waals surface area (Å²) in [6.45, 7) is 14.7. The van der Waals surface area contributed by atoms with Crippen LogP contribution < -0.4 is 5.32 Å². The number of rotatable bonds is 10. The minimum absolute atomic E-state index is 0.356. The number of ether oxygens (including phenoxy) is 2. The molecule has 1 atom stereocenters. The average Bonchev–Trinajstić information content (AvgIpc) is 2.25. The lowest BCUT2D eigenvalue weighted by atomic mass is 9.78. The van der Waals surface area contributed by atoms with Gasteiger partial charge < -0.3 is 14.8 Å². The van der Waals surface area contributed by atoms with Crippen LogP contribution in [0.2, 0.25) is 0 Å². The van der Waals surface area contributed by atoms with Crippen LogP contribution in [0.1, 0.15) is 47.5 Å². The second-order valence-electron chi connectivity index (χ2n) is 6.37. The van der Waals surface area contributed by atoms with Crippen molar-refractivity contribution in [1.82, 2.24) is 5.32 Å². The minimum atomic E-state index is 0.356. The maximum atomic E-state index is 5.52. The van der Waals surface area contributed by atoms with Crippen molar-refractivity contribution >= 4 is 0 Å². The summed E-state index contributed by atoms with van der Waals surface area (Å²) >= 11 is 0. The maximum Gasteiger partial charge on any atom is 0.0700 e. The average molecular weight is 259 g/mol. The highest BCUT2D eigenvalue weighted by Crippen LogP contribution is 2.29. The molecular weight excluding hydrogens is 226 g/mol. The van der Waals surface area contributed by atoms with Crippen LogP contribution >= 0.6 is 0 Å². The molecule has 3 nitrogen and oxygen atoms in total. The molecule has 0 bridgehead atoms. The minimum Gasteiger partial charge on any atom is -0.382 e. The van der Waals surface area contributed by atoms with Crippen LogP contribution in [0, 0.1) is 11.3 Å². The smallest absolute Gasteiger partial charge is 0.0700 e. The van der Waals surface area contributed by atoms with Gasteiger partial charge in [0, 0.05) is 19.8 Å². The van der Waals surface area contributed by atoms with E-state index in [0.717, 1.165) is 19.6 Å². The molecule has 18 heavy (non-hydrogen) atoms. The molecule has 1 N–H and O–H groups in total. The number of hydrogen-bond acceptors (Lipinski definition) is 3. The molecule has 0 aliphatic heterocycles. The van der Waals surface area contributed by atoms with Gasteiger partial charge in [-0.15, -0.1) is 0 Å². The third-order valence-corrected chi connectivity index (χ3v) is 3.27. The molecule has 3 heteroatoms. The Kier molecular flexibility index (Phi) is 9.70. The first-order valence-corrected chi connectivity index (χ1v) is 7.18. The normalized spacial score (nSPS) is 14.2. The lowest BCUT2D eigenvalue weighted by Crippen LogP contribution is -2.35. The fraction of sp³-hybridized carbons (Fsp3) is 1.00. The second kappa shape index (κ2) is 9.76. The van der Waals surface area contributed by atoms with E-state index in [1.54, 1.807) is 7.11 Å². The lowest BCUT2D eigenvalue weighted by Gasteiger charge is -2.32. The van der Waals surface area contributed by atoms with Crippen LogP contribution in [0.3, 0.4) is 0 Å². The summed E-state index contributed by atoms with van der Waals surface area (Å²) in [5.41, 5.74) is 0.356. The van der Waals surface area contributed by atoms with E-state index >= 15 is 0 Å². The Morgan fingerprint density at radius 2 is 1.72 bits per heavy atom. The summed E-state index contributed by atoms with van der Waals surface area (Å²) in [6.07, 6.45) is 2.35. The molecule has 0 aromatic heterocycles. The Hall–Kier alpha value is -0.120. The van der Waals surface area contributed by atoms with E-state index in [-0.39, 0.29) is 0 Å². The van der Waals surface area contributed by atoms with Crippen molar-refractivity contribution in [3.8, 4) is 0 Å². The van der Waals surface area contributed by atoms with Gasteiger partial charge in [0.05, 0.1) is 13.2 Å². The largest absolute Gasteiger partial charge is 0.382 e. The Labute approximate surface area is 114 Å². The van der Waals surface area contributed by atoms with Gasteiger partial charge in [-0.3, -0.25) is 0 Å². The zero-order chi connectivity index (χ0) is 14.0. The summed E-state index contributed by atoms with van der Waals surface area (Å²) < 4.78 is 10.5. The van der Waals surface area contributed by atoms with Crippen molar-refractivity contribution in [2.24, 2.45) is 11.3 Å². The molecule has 0 amide bonds. The van der Waals surface area contributed by atoms with Crippen LogP contribution in [0.25, 0.3) is 0 Å². The van der Waals surface area contributed by atoms with Crippen molar-refractivity contribution in [3.63, 3.8) is 0 Å². The fourth-order valence-electron chi connectivity index (χ4n) is 1.90. The molecule has 0 saturated carbocycles. The summed E-state index contributed by atoms with van der Waals surface area (Å²) in [5.74, 6) is 0.700. The molecule has 0 fully saturated rings. The van der Waals surface area contributed by atoms with Crippen molar-refractivity contribution < 1.29 is 9.47 Å². The van der Waals surface area contributed by atoms with E-state index in [9.17, 15) is 0 Å². The highest BCUT2D eigenvalue weighted by molar-refractivity contribution is 4.76. The number of methoxy groups -OCH3 is 1. The van der Waals surface area contributed by atoms with Gasteiger partial charge in [-0.2, -0.15) is 0 Å². The standard InChI is InChI=1S/C15H33NO2/c1-13(2)16-12-14(15(3,4)5)8-7-9-18-11-10-17-6/h13-14,16H,7-12H2,1-6H3. The van der Waals surface area contributed by atoms with Crippen molar-refractivity contribution in [1.29, 1.82) is 0 Å². The van der Waals surface area contributed by atoms with E-state index in [1.165, 1.54) is 6.42 Å². The number of nitrogens with one attached hydrogen (secondary N) is 1. The first-order valence-electron chi connectivity index (χ1n) is 7.18. The van der Waals surface area contributed by atoms with Gasteiger partial charge >= 0.3 is 0 Å². The summed E-state index contributed by atoms with van der Waals surface area (Å²) in [6, 6.07) is 0.563. The summed E-state index contributed by atoms with van der Waals surface area (Å²) in [5, 5.41) is 3.55. The molecule has 0 heterocycles.